The van der Waals surface area contributed by atoms with Gasteiger partial charge in [-0.3, -0.25) is 14.4 Å². The SMILES string of the molecule is CC(=O)OCCCCCCCC[C@H]1C[C@]2(C)[C@@H](OC(C)=O)CC[C@H]2[C@@H]2CCc3cc(OC(C)=O)ccc3[C@@H]12. The Morgan fingerprint density at radius 1 is 0.895 bits per heavy atom. The molecule has 1 aromatic carbocycles. The van der Waals surface area contributed by atoms with Crippen LogP contribution >= 0.6 is 0 Å². The van der Waals surface area contributed by atoms with Crippen LogP contribution < -0.4 is 4.74 Å². The quantitative estimate of drug-likeness (QED) is 0.177. The van der Waals surface area contributed by atoms with Crippen LogP contribution in [0, 0.1) is 23.2 Å². The highest BCUT2D eigenvalue weighted by atomic mass is 16.5. The molecule has 4 rings (SSSR count). The van der Waals surface area contributed by atoms with Gasteiger partial charge in [0.25, 0.3) is 0 Å². The van der Waals surface area contributed by atoms with Crippen LogP contribution in [0.15, 0.2) is 18.2 Å². The van der Waals surface area contributed by atoms with Gasteiger partial charge in [0.1, 0.15) is 11.9 Å². The average Bonchev–Trinajstić information content (AvgIpc) is 3.17. The molecule has 3 aliphatic carbocycles. The topological polar surface area (TPSA) is 78.9 Å². The van der Waals surface area contributed by atoms with Gasteiger partial charge in [-0.15, -0.1) is 0 Å². The number of carbonyl (C=O) groups is 3. The van der Waals surface area contributed by atoms with Crippen LogP contribution in [0.25, 0.3) is 0 Å². The van der Waals surface area contributed by atoms with Gasteiger partial charge in [0.15, 0.2) is 0 Å². The smallest absolute Gasteiger partial charge is 0.308 e. The molecule has 0 bridgehead atoms. The first kappa shape index (κ1) is 28.6. The first-order valence-electron chi connectivity index (χ1n) is 14.8. The monoisotopic (exact) mass is 526 g/mol. The van der Waals surface area contributed by atoms with E-state index in [1.165, 1.54) is 57.1 Å². The second kappa shape index (κ2) is 12.7. The Kier molecular flexibility index (Phi) is 9.54. The van der Waals surface area contributed by atoms with Crippen molar-refractivity contribution in [1.29, 1.82) is 0 Å². The maximum atomic E-state index is 11.9. The van der Waals surface area contributed by atoms with E-state index < -0.39 is 0 Å². The van der Waals surface area contributed by atoms with Gasteiger partial charge < -0.3 is 14.2 Å². The number of esters is 3. The minimum Gasteiger partial charge on any atom is -0.466 e. The van der Waals surface area contributed by atoms with E-state index >= 15 is 0 Å². The zero-order valence-electron chi connectivity index (χ0n) is 23.8. The molecule has 0 heterocycles. The van der Waals surface area contributed by atoms with E-state index in [0.717, 1.165) is 44.9 Å². The van der Waals surface area contributed by atoms with Crippen LogP contribution in [0.3, 0.4) is 0 Å². The lowest BCUT2D eigenvalue weighted by atomic mass is 9.51. The molecular formula is C32H46O6. The highest BCUT2D eigenvalue weighted by molar-refractivity contribution is 5.69. The van der Waals surface area contributed by atoms with Crippen molar-refractivity contribution in [1.82, 2.24) is 0 Å². The van der Waals surface area contributed by atoms with Crippen molar-refractivity contribution in [2.45, 2.75) is 117 Å². The number of unbranched alkanes of at least 4 members (excludes halogenated alkanes) is 5. The largest absolute Gasteiger partial charge is 0.466 e. The van der Waals surface area contributed by atoms with Crippen molar-refractivity contribution in [3.05, 3.63) is 29.3 Å². The predicted molar refractivity (Wildman–Crippen MR) is 146 cm³/mol. The fourth-order valence-electron chi connectivity index (χ4n) is 8.15. The molecule has 6 nitrogen and oxygen atoms in total. The Morgan fingerprint density at radius 3 is 2.34 bits per heavy atom. The lowest BCUT2D eigenvalue weighted by Gasteiger charge is -2.54. The van der Waals surface area contributed by atoms with Crippen LogP contribution in [-0.4, -0.2) is 30.6 Å². The predicted octanol–water partition coefficient (Wildman–Crippen LogP) is 6.92. The lowest BCUT2D eigenvalue weighted by Crippen LogP contribution is -2.48. The van der Waals surface area contributed by atoms with Crippen LogP contribution in [0.4, 0.5) is 0 Å². The molecule has 6 atom stereocenters. The van der Waals surface area contributed by atoms with Crippen LogP contribution in [0.2, 0.25) is 0 Å². The van der Waals surface area contributed by atoms with Gasteiger partial charge in [0, 0.05) is 26.2 Å². The average molecular weight is 527 g/mol. The van der Waals surface area contributed by atoms with Crippen molar-refractivity contribution in [3.63, 3.8) is 0 Å². The third kappa shape index (κ3) is 6.60. The van der Waals surface area contributed by atoms with Gasteiger partial charge in [-0.2, -0.15) is 0 Å². The number of rotatable bonds is 11. The third-order valence-electron chi connectivity index (χ3n) is 9.58. The Bertz CT molecular complexity index is 1000. The summed E-state index contributed by atoms with van der Waals surface area (Å²) in [6.07, 6.45) is 13.4. The van der Waals surface area contributed by atoms with Gasteiger partial charge in [0.05, 0.1) is 6.61 Å². The minimum atomic E-state index is -0.279. The van der Waals surface area contributed by atoms with Gasteiger partial charge in [-0.05, 0) is 91.9 Å². The number of carbonyl (C=O) groups excluding carboxylic acids is 3. The van der Waals surface area contributed by atoms with Gasteiger partial charge in [-0.1, -0.05) is 45.1 Å². The zero-order chi connectivity index (χ0) is 27.3. The summed E-state index contributed by atoms with van der Waals surface area (Å²) in [5.41, 5.74) is 2.83. The maximum absolute atomic E-state index is 11.9. The standard InChI is InChI=1S/C32H46O6/c1-21(33)36-18-10-8-6-5-7-9-11-25-20-32(4)29(16-17-30(32)38-23(3)35)28-14-12-24-19-26(37-22(2)34)13-15-27(24)31(25)28/h13,15,19,25,28-31H,5-12,14,16-18,20H2,1-4H3/t25-,28-,29-,30-,31+,32-/m0/s1. The molecule has 0 spiro atoms. The van der Waals surface area contributed by atoms with Crippen LogP contribution in [0.5, 0.6) is 5.75 Å². The number of benzene rings is 1. The molecule has 0 saturated heterocycles. The summed E-state index contributed by atoms with van der Waals surface area (Å²) in [5, 5.41) is 0. The molecule has 0 unspecified atom stereocenters. The molecule has 210 valence electrons. The van der Waals surface area contributed by atoms with Gasteiger partial charge in [0.2, 0.25) is 0 Å². The van der Waals surface area contributed by atoms with E-state index in [1.807, 2.05) is 6.07 Å². The molecule has 38 heavy (non-hydrogen) atoms. The van der Waals surface area contributed by atoms with E-state index in [1.54, 1.807) is 6.92 Å². The summed E-state index contributed by atoms with van der Waals surface area (Å²) in [6, 6.07) is 6.28. The van der Waals surface area contributed by atoms with E-state index in [4.69, 9.17) is 14.2 Å². The van der Waals surface area contributed by atoms with Crippen molar-refractivity contribution >= 4 is 17.9 Å². The van der Waals surface area contributed by atoms with Crippen molar-refractivity contribution in [2.24, 2.45) is 23.2 Å². The molecule has 0 aliphatic heterocycles. The lowest BCUT2D eigenvalue weighted by molar-refractivity contribution is -0.156. The molecular weight excluding hydrogens is 480 g/mol. The molecule has 0 N–H and O–H groups in total. The molecule has 0 aromatic heterocycles. The summed E-state index contributed by atoms with van der Waals surface area (Å²) in [4.78, 5) is 34.4. The number of hydrogen-bond acceptors (Lipinski definition) is 6. The van der Waals surface area contributed by atoms with Crippen LogP contribution in [-0.2, 0) is 30.3 Å². The Labute approximate surface area is 228 Å². The Morgan fingerprint density at radius 2 is 1.63 bits per heavy atom. The van der Waals surface area contributed by atoms with Crippen molar-refractivity contribution in [2.75, 3.05) is 6.61 Å². The molecule has 1 aromatic rings. The maximum Gasteiger partial charge on any atom is 0.308 e. The summed E-state index contributed by atoms with van der Waals surface area (Å²) in [6.45, 7) is 7.38. The summed E-state index contributed by atoms with van der Waals surface area (Å²) >= 11 is 0. The van der Waals surface area contributed by atoms with Crippen molar-refractivity contribution in [3.8, 4) is 5.75 Å². The van der Waals surface area contributed by atoms with Gasteiger partial charge in [-0.25, -0.2) is 0 Å². The van der Waals surface area contributed by atoms with E-state index in [0.29, 0.717) is 36.0 Å². The second-order valence-electron chi connectivity index (χ2n) is 12.2. The molecule has 2 saturated carbocycles. The van der Waals surface area contributed by atoms with E-state index in [-0.39, 0.29) is 29.4 Å². The summed E-state index contributed by atoms with van der Waals surface area (Å²) < 4.78 is 16.4. The highest BCUT2D eigenvalue weighted by Crippen LogP contribution is 2.64. The second-order valence-corrected chi connectivity index (χ2v) is 12.2. The molecule has 3 aliphatic rings. The van der Waals surface area contributed by atoms with Gasteiger partial charge >= 0.3 is 17.9 Å². The van der Waals surface area contributed by atoms with Crippen molar-refractivity contribution < 1.29 is 28.6 Å². The minimum absolute atomic E-state index is 0.0263. The fraction of sp³-hybridized carbons (Fsp3) is 0.719. The first-order chi connectivity index (χ1) is 18.2. The molecule has 0 amide bonds. The van der Waals surface area contributed by atoms with Crippen LogP contribution in [0.1, 0.15) is 115 Å². The Balaban J connectivity index is 1.45. The number of hydrogen-bond donors (Lipinski definition) is 0. The summed E-state index contributed by atoms with van der Waals surface area (Å²) in [7, 11) is 0. The number of fused-ring (bicyclic) bond motifs is 5. The first-order valence-corrected chi connectivity index (χ1v) is 14.8. The molecule has 6 heteroatoms. The normalized spacial score (nSPS) is 29.5. The van der Waals surface area contributed by atoms with E-state index in [9.17, 15) is 14.4 Å². The van der Waals surface area contributed by atoms with E-state index in [2.05, 4.69) is 19.1 Å². The highest BCUT2D eigenvalue weighted by Gasteiger charge is 2.58. The Hall–Kier alpha value is -2.37. The zero-order valence-corrected chi connectivity index (χ0v) is 23.8. The number of ether oxygens (including phenoxy) is 3. The fourth-order valence-corrected chi connectivity index (χ4v) is 8.15. The third-order valence-corrected chi connectivity index (χ3v) is 9.58. The summed E-state index contributed by atoms with van der Waals surface area (Å²) in [5.74, 6) is 2.27. The number of aryl methyl sites for hydroxylation is 1. The molecule has 0 radical (unpaired) electrons. The molecule has 2 fully saturated rings.